The van der Waals surface area contributed by atoms with Crippen LogP contribution >= 0.6 is 0 Å². The SMILES string of the molecule is CCOc1ccc(C(=O)NCC(=O)NC(C)(C)C)cc1OC. The number of nitrogens with one attached hydrogen (secondary N) is 2. The highest BCUT2D eigenvalue weighted by molar-refractivity contribution is 5.97. The summed E-state index contributed by atoms with van der Waals surface area (Å²) in [6.45, 7) is 7.94. The Balaban J connectivity index is 2.68. The maximum atomic E-state index is 12.1. The first-order chi connectivity index (χ1) is 10.3. The molecule has 2 N–H and O–H groups in total. The van der Waals surface area contributed by atoms with Gasteiger partial charge in [0.1, 0.15) is 0 Å². The molecule has 6 nitrogen and oxygen atoms in total. The van der Waals surface area contributed by atoms with Crippen LogP contribution in [0.2, 0.25) is 0 Å². The van der Waals surface area contributed by atoms with Gasteiger partial charge in [-0.3, -0.25) is 9.59 Å². The Kier molecular flexibility index (Phi) is 6.22. The van der Waals surface area contributed by atoms with Gasteiger partial charge >= 0.3 is 0 Å². The van der Waals surface area contributed by atoms with Crippen LogP contribution in [0.15, 0.2) is 18.2 Å². The fourth-order valence-electron chi connectivity index (χ4n) is 1.81. The summed E-state index contributed by atoms with van der Waals surface area (Å²) in [5.41, 5.74) is 0.0772. The fourth-order valence-corrected chi connectivity index (χ4v) is 1.81. The molecule has 1 rings (SSSR count). The Morgan fingerprint density at radius 3 is 2.41 bits per heavy atom. The average molecular weight is 308 g/mol. The van der Waals surface area contributed by atoms with E-state index >= 15 is 0 Å². The Labute approximate surface area is 131 Å². The van der Waals surface area contributed by atoms with Gasteiger partial charge in [-0.05, 0) is 45.9 Å². The van der Waals surface area contributed by atoms with Gasteiger partial charge in [0.15, 0.2) is 11.5 Å². The molecule has 0 saturated carbocycles. The van der Waals surface area contributed by atoms with Crippen molar-refractivity contribution in [3.63, 3.8) is 0 Å². The number of hydrogen-bond acceptors (Lipinski definition) is 4. The first kappa shape index (κ1) is 17.8. The highest BCUT2D eigenvalue weighted by Gasteiger charge is 2.15. The molecule has 0 heterocycles. The largest absolute Gasteiger partial charge is 0.493 e. The minimum atomic E-state index is -0.342. The Bertz CT molecular complexity index is 535. The molecule has 0 atom stereocenters. The number of ether oxygens (including phenoxy) is 2. The molecule has 1 aromatic carbocycles. The molecule has 6 heteroatoms. The second-order valence-corrected chi connectivity index (χ2v) is 5.78. The van der Waals surface area contributed by atoms with Gasteiger partial charge in [0.2, 0.25) is 5.91 Å². The van der Waals surface area contributed by atoms with E-state index in [0.717, 1.165) is 0 Å². The van der Waals surface area contributed by atoms with E-state index in [1.807, 2.05) is 27.7 Å². The molecule has 0 aliphatic carbocycles. The van der Waals surface area contributed by atoms with Crippen LogP contribution in [0.1, 0.15) is 38.1 Å². The first-order valence-corrected chi connectivity index (χ1v) is 7.17. The topological polar surface area (TPSA) is 76.7 Å². The van der Waals surface area contributed by atoms with Crippen LogP contribution in [0.3, 0.4) is 0 Å². The Morgan fingerprint density at radius 1 is 1.18 bits per heavy atom. The van der Waals surface area contributed by atoms with Crippen molar-refractivity contribution >= 4 is 11.8 Å². The number of benzene rings is 1. The summed E-state index contributed by atoms with van der Waals surface area (Å²) >= 11 is 0. The van der Waals surface area contributed by atoms with Crippen LogP contribution < -0.4 is 20.1 Å². The van der Waals surface area contributed by atoms with Gasteiger partial charge in [0.25, 0.3) is 5.91 Å². The van der Waals surface area contributed by atoms with Crippen molar-refractivity contribution in [3.8, 4) is 11.5 Å². The van der Waals surface area contributed by atoms with E-state index in [1.54, 1.807) is 18.2 Å². The summed E-state index contributed by atoms with van der Waals surface area (Å²) in [7, 11) is 1.51. The second-order valence-electron chi connectivity index (χ2n) is 5.78. The molecule has 0 spiro atoms. The summed E-state index contributed by atoms with van der Waals surface area (Å²) in [5, 5.41) is 5.35. The van der Waals surface area contributed by atoms with Crippen molar-refractivity contribution in [2.24, 2.45) is 0 Å². The zero-order valence-corrected chi connectivity index (χ0v) is 13.8. The number of rotatable bonds is 6. The zero-order chi connectivity index (χ0) is 16.8. The second kappa shape index (κ2) is 7.68. The predicted molar refractivity (Wildman–Crippen MR) is 84.4 cm³/mol. The minimum Gasteiger partial charge on any atom is -0.493 e. The number of amides is 2. The van der Waals surface area contributed by atoms with Gasteiger partial charge in [-0.15, -0.1) is 0 Å². The first-order valence-electron chi connectivity index (χ1n) is 7.17. The van der Waals surface area contributed by atoms with Crippen molar-refractivity contribution < 1.29 is 19.1 Å². The average Bonchev–Trinajstić information content (AvgIpc) is 2.43. The minimum absolute atomic E-state index is 0.0777. The molecule has 1 aromatic rings. The molecule has 0 saturated heterocycles. The van der Waals surface area contributed by atoms with Crippen molar-refractivity contribution in [3.05, 3.63) is 23.8 Å². The van der Waals surface area contributed by atoms with E-state index in [2.05, 4.69) is 10.6 Å². The molecule has 0 bridgehead atoms. The maximum absolute atomic E-state index is 12.1. The van der Waals surface area contributed by atoms with Crippen molar-refractivity contribution in [2.45, 2.75) is 33.2 Å². The molecule has 2 amide bonds. The molecule has 0 fully saturated rings. The van der Waals surface area contributed by atoms with Crippen molar-refractivity contribution in [2.75, 3.05) is 20.3 Å². The van der Waals surface area contributed by atoms with Gasteiger partial charge < -0.3 is 20.1 Å². The normalized spacial score (nSPS) is 10.8. The van der Waals surface area contributed by atoms with E-state index in [0.29, 0.717) is 23.7 Å². The van der Waals surface area contributed by atoms with Crippen LogP contribution in [0.5, 0.6) is 11.5 Å². The lowest BCUT2D eigenvalue weighted by Gasteiger charge is -2.20. The van der Waals surface area contributed by atoms with Gasteiger partial charge in [-0.2, -0.15) is 0 Å². The molecular weight excluding hydrogens is 284 g/mol. The van der Waals surface area contributed by atoms with Gasteiger partial charge in [0, 0.05) is 11.1 Å². The number of carbonyl (C=O) groups is 2. The Hall–Kier alpha value is -2.24. The maximum Gasteiger partial charge on any atom is 0.251 e. The smallest absolute Gasteiger partial charge is 0.251 e. The van der Waals surface area contributed by atoms with Crippen molar-refractivity contribution in [1.82, 2.24) is 10.6 Å². The summed E-state index contributed by atoms with van der Waals surface area (Å²) in [6, 6.07) is 4.89. The molecule has 0 aromatic heterocycles. The summed E-state index contributed by atoms with van der Waals surface area (Å²) in [6.07, 6.45) is 0. The lowest BCUT2D eigenvalue weighted by Crippen LogP contribution is -2.45. The van der Waals surface area contributed by atoms with Gasteiger partial charge in [-0.25, -0.2) is 0 Å². The molecule has 0 unspecified atom stereocenters. The summed E-state index contributed by atoms with van der Waals surface area (Å²) in [4.78, 5) is 23.8. The number of methoxy groups -OCH3 is 1. The van der Waals surface area contributed by atoms with Crippen LogP contribution in [-0.2, 0) is 4.79 Å². The quantitative estimate of drug-likeness (QED) is 0.839. The number of carbonyl (C=O) groups excluding carboxylic acids is 2. The fraction of sp³-hybridized carbons (Fsp3) is 0.500. The van der Waals surface area contributed by atoms with E-state index in [9.17, 15) is 9.59 Å². The van der Waals surface area contributed by atoms with E-state index < -0.39 is 0 Å². The monoisotopic (exact) mass is 308 g/mol. The highest BCUT2D eigenvalue weighted by Crippen LogP contribution is 2.27. The van der Waals surface area contributed by atoms with Crippen LogP contribution in [-0.4, -0.2) is 37.6 Å². The third-order valence-corrected chi connectivity index (χ3v) is 2.65. The summed E-state index contributed by atoms with van der Waals surface area (Å²) in [5.74, 6) is 0.477. The lowest BCUT2D eigenvalue weighted by atomic mass is 10.1. The van der Waals surface area contributed by atoms with E-state index in [-0.39, 0.29) is 23.9 Å². The molecular formula is C16H24N2O4. The lowest BCUT2D eigenvalue weighted by molar-refractivity contribution is -0.121. The van der Waals surface area contributed by atoms with Gasteiger partial charge in [0.05, 0.1) is 20.3 Å². The molecule has 0 aliphatic heterocycles. The third-order valence-electron chi connectivity index (χ3n) is 2.65. The van der Waals surface area contributed by atoms with E-state index in [4.69, 9.17) is 9.47 Å². The van der Waals surface area contributed by atoms with Crippen LogP contribution in [0.4, 0.5) is 0 Å². The molecule has 0 aliphatic rings. The zero-order valence-electron chi connectivity index (χ0n) is 13.8. The van der Waals surface area contributed by atoms with Crippen LogP contribution in [0, 0.1) is 0 Å². The molecule has 0 radical (unpaired) electrons. The molecule has 122 valence electrons. The Morgan fingerprint density at radius 2 is 1.86 bits per heavy atom. The van der Waals surface area contributed by atoms with Gasteiger partial charge in [-0.1, -0.05) is 0 Å². The van der Waals surface area contributed by atoms with E-state index in [1.165, 1.54) is 7.11 Å². The van der Waals surface area contributed by atoms with Crippen molar-refractivity contribution in [1.29, 1.82) is 0 Å². The molecule has 22 heavy (non-hydrogen) atoms. The summed E-state index contributed by atoms with van der Waals surface area (Å²) < 4.78 is 10.6. The number of hydrogen-bond donors (Lipinski definition) is 2. The predicted octanol–water partition coefficient (Wildman–Crippen LogP) is 1.74. The highest BCUT2D eigenvalue weighted by atomic mass is 16.5. The van der Waals surface area contributed by atoms with Crippen LogP contribution in [0.25, 0.3) is 0 Å². The third kappa shape index (κ3) is 5.63. The standard InChI is InChI=1S/C16H24N2O4/c1-6-22-12-8-7-11(9-13(12)21-5)15(20)17-10-14(19)18-16(2,3)4/h7-9H,6,10H2,1-5H3,(H,17,20)(H,18,19).